The molecule has 11 heteroatoms. The molecule has 1 atom stereocenters. The van der Waals surface area contributed by atoms with E-state index in [0.29, 0.717) is 75.5 Å². The highest BCUT2D eigenvalue weighted by Gasteiger charge is 2.40. The van der Waals surface area contributed by atoms with Gasteiger partial charge in [-0.05, 0) is 19.3 Å². The van der Waals surface area contributed by atoms with Gasteiger partial charge in [0, 0.05) is 64.1 Å². The Hall–Kier alpha value is -1.62. The van der Waals surface area contributed by atoms with Crippen molar-refractivity contribution in [1.82, 2.24) is 19.8 Å². The summed E-state index contributed by atoms with van der Waals surface area (Å²) in [4.78, 5) is 40.8. The quantitative estimate of drug-likeness (QED) is 0.288. The van der Waals surface area contributed by atoms with E-state index in [-0.39, 0.29) is 23.6 Å². The molecule has 204 valence electrons. The summed E-state index contributed by atoms with van der Waals surface area (Å²) in [6, 6.07) is 1.87. The van der Waals surface area contributed by atoms with E-state index in [9.17, 15) is 9.59 Å². The maximum Gasteiger partial charge on any atom is 0.233 e. The first-order chi connectivity index (χ1) is 17.9. The third-order valence-electron chi connectivity index (χ3n) is 8.19. The lowest BCUT2D eigenvalue weighted by Crippen LogP contribution is -2.54. The molecule has 1 unspecified atom stereocenters. The van der Waals surface area contributed by atoms with Gasteiger partial charge in [-0.15, -0.1) is 0 Å². The van der Waals surface area contributed by atoms with Crippen molar-refractivity contribution in [2.24, 2.45) is 5.92 Å². The molecule has 37 heavy (non-hydrogen) atoms. The molecule has 3 saturated heterocycles. The Labute approximate surface area is 228 Å². The van der Waals surface area contributed by atoms with Crippen LogP contribution in [-0.2, 0) is 19.1 Å². The van der Waals surface area contributed by atoms with Crippen molar-refractivity contribution in [2.75, 3.05) is 56.6 Å². The number of thioether (sulfide) groups is 1. The zero-order chi connectivity index (χ0) is 25.8. The highest BCUT2D eigenvalue weighted by atomic mass is 35.5. The summed E-state index contributed by atoms with van der Waals surface area (Å²) in [5, 5.41) is 0.854. The predicted molar refractivity (Wildman–Crippen MR) is 143 cm³/mol. The minimum atomic E-state index is -0.489. The van der Waals surface area contributed by atoms with Crippen LogP contribution in [0.3, 0.4) is 0 Å². The van der Waals surface area contributed by atoms with Crippen LogP contribution in [0.2, 0.25) is 5.15 Å². The second-order valence-electron chi connectivity index (χ2n) is 10.7. The molecule has 4 fully saturated rings. The zero-order valence-electron chi connectivity index (χ0n) is 21.7. The second-order valence-corrected chi connectivity index (χ2v) is 12.0. The van der Waals surface area contributed by atoms with Gasteiger partial charge in [0.05, 0.1) is 19.0 Å². The summed E-state index contributed by atoms with van der Waals surface area (Å²) in [5.74, 6) is 1.57. The number of ether oxygens (including phenoxy) is 2. The molecule has 5 rings (SSSR count). The van der Waals surface area contributed by atoms with Crippen LogP contribution in [0.25, 0.3) is 0 Å². The minimum absolute atomic E-state index is 0.0568. The molecule has 1 aliphatic carbocycles. The number of piperidine rings is 1. The summed E-state index contributed by atoms with van der Waals surface area (Å²) < 4.78 is 11.5. The van der Waals surface area contributed by atoms with Crippen molar-refractivity contribution in [3.05, 3.63) is 11.2 Å². The van der Waals surface area contributed by atoms with Gasteiger partial charge in [-0.3, -0.25) is 9.59 Å². The fourth-order valence-electron chi connectivity index (χ4n) is 6.02. The van der Waals surface area contributed by atoms with Gasteiger partial charge >= 0.3 is 0 Å². The highest BCUT2D eigenvalue weighted by molar-refractivity contribution is 7.99. The Kier molecular flexibility index (Phi) is 8.78. The van der Waals surface area contributed by atoms with Gasteiger partial charge < -0.3 is 24.2 Å². The highest BCUT2D eigenvalue weighted by Crippen LogP contribution is 2.32. The second kappa shape index (κ2) is 12.1. The Morgan fingerprint density at radius 2 is 1.81 bits per heavy atom. The number of nitrogens with zero attached hydrogens (tertiary/aromatic N) is 5. The maximum absolute atomic E-state index is 12.9. The molecular formula is C26H38ClN5O4S. The normalized spacial score (nSPS) is 24.3. The standard InChI is InChI=1S/C26H38ClN5O4S/c1-19-17-31(12-13-32(19)23(33)7-6-20-4-2-3-5-20)22-16-21(27)28-25(29-22)37-18-24(34)30-10-8-26(9-11-30)35-14-15-36-26/h16,19-20H,2-15,17-18H2,1H3. The molecule has 1 spiro atoms. The summed E-state index contributed by atoms with van der Waals surface area (Å²) >= 11 is 7.65. The number of hydrogen-bond donors (Lipinski definition) is 0. The zero-order valence-corrected chi connectivity index (χ0v) is 23.3. The molecular weight excluding hydrogens is 514 g/mol. The molecule has 2 amide bonds. The number of likely N-dealkylation sites (tertiary alicyclic amines) is 1. The summed E-state index contributed by atoms with van der Waals surface area (Å²) in [5.41, 5.74) is 0. The first kappa shape index (κ1) is 27.0. The number of carbonyl (C=O) groups is 2. The van der Waals surface area contributed by atoms with Crippen molar-refractivity contribution in [1.29, 1.82) is 0 Å². The molecule has 4 heterocycles. The number of aromatic nitrogens is 2. The van der Waals surface area contributed by atoms with E-state index in [1.807, 2.05) is 9.80 Å². The summed E-state index contributed by atoms with van der Waals surface area (Å²) in [7, 11) is 0. The number of amides is 2. The Balaban J connectivity index is 1.11. The molecule has 4 aliphatic rings. The van der Waals surface area contributed by atoms with Crippen molar-refractivity contribution in [3.8, 4) is 0 Å². The topological polar surface area (TPSA) is 88.1 Å². The van der Waals surface area contributed by atoms with Crippen LogP contribution in [0.5, 0.6) is 0 Å². The van der Waals surface area contributed by atoms with E-state index >= 15 is 0 Å². The minimum Gasteiger partial charge on any atom is -0.353 e. The third kappa shape index (κ3) is 6.69. The molecule has 0 N–H and O–H groups in total. The number of halogens is 1. The van der Waals surface area contributed by atoms with Gasteiger partial charge in [0.15, 0.2) is 10.9 Å². The van der Waals surface area contributed by atoms with Crippen LogP contribution < -0.4 is 4.90 Å². The van der Waals surface area contributed by atoms with E-state index in [4.69, 9.17) is 26.1 Å². The van der Waals surface area contributed by atoms with Crippen LogP contribution in [-0.4, -0.2) is 95.1 Å². The Morgan fingerprint density at radius 3 is 2.51 bits per heavy atom. The van der Waals surface area contributed by atoms with Crippen LogP contribution in [0, 0.1) is 5.92 Å². The fraction of sp³-hybridized carbons (Fsp3) is 0.769. The van der Waals surface area contributed by atoms with Gasteiger partial charge in [0.25, 0.3) is 0 Å². The first-order valence-corrected chi connectivity index (χ1v) is 15.0. The fourth-order valence-corrected chi connectivity index (χ4v) is 7.00. The van der Waals surface area contributed by atoms with Crippen LogP contribution in [0.15, 0.2) is 11.2 Å². The number of anilines is 1. The largest absolute Gasteiger partial charge is 0.353 e. The maximum atomic E-state index is 12.9. The smallest absolute Gasteiger partial charge is 0.233 e. The third-order valence-corrected chi connectivity index (χ3v) is 9.22. The monoisotopic (exact) mass is 551 g/mol. The van der Waals surface area contributed by atoms with Crippen molar-refractivity contribution >= 4 is 41.0 Å². The van der Waals surface area contributed by atoms with E-state index in [2.05, 4.69) is 16.8 Å². The summed E-state index contributed by atoms with van der Waals surface area (Å²) in [6.07, 6.45) is 8.26. The van der Waals surface area contributed by atoms with Gasteiger partial charge in [-0.2, -0.15) is 0 Å². The molecule has 0 bridgehead atoms. The Bertz CT molecular complexity index is 962. The van der Waals surface area contributed by atoms with Crippen molar-refractivity contribution < 1.29 is 19.1 Å². The number of carbonyl (C=O) groups excluding carboxylic acids is 2. The van der Waals surface area contributed by atoms with E-state index in [1.165, 1.54) is 37.4 Å². The van der Waals surface area contributed by atoms with Crippen molar-refractivity contribution in [2.45, 2.75) is 75.3 Å². The average molecular weight is 552 g/mol. The van der Waals surface area contributed by atoms with Crippen molar-refractivity contribution in [3.63, 3.8) is 0 Å². The molecule has 0 radical (unpaired) electrons. The number of rotatable bonds is 7. The summed E-state index contributed by atoms with van der Waals surface area (Å²) in [6.45, 7) is 6.69. The van der Waals surface area contributed by atoms with E-state index in [1.54, 1.807) is 6.07 Å². The van der Waals surface area contributed by atoms with Gasteiger partial charge in [-0.25, -0.2) is 9.97 Å². The molecule has 1 aromatic heterocycles. The van der Waals surface area contributed by atoms with Gasteiger partial charge in [0.1, 0.15) is 11.0 Å². The molecule has 3 aliphatic heterocycles. The number of piperazine rings is 1. The van der Waals surface area contributed by atoms with Gasteiger partial charge in [-0.1, -0.05) is 49.0 Å². The lowest BCUT2D eigenvalue weighted by Gasteiger charge is -2.40. The lowest BCUT2D eigenvalue weighted by atomic mass is 10.0. The van der Waals surface area contributed by atoms with E-state index < -0.39 is 5.79 Å². The van der Waals surface area contributed by atoms with Crippen LogP contribution >= 0.6 is 23.4 Å². The van der Waals surface area contributed by atoms with Crippen LogP contribution in [0.1, 0.15) is 58.3 Å². The first-order valence-electron chi connectivity index (χ1n) is 13.7. The van der Waals surface area contributed by atoms with E-state index in [0.717, 1.165) is 18.2 Å². The molecule has 1 aromatic rings. The predicted octanol–water partition coefficient (Wildman–Crippen LogP) is 3.60. The number of hydrogen-bond acceptors (Lipinski definition) is 8. The Morgan fingerprint density at radius 1 is 1.08 bits per heavy atom. The SMILES string of the molecule is CC1CN(c2cc(Cl)nc(SCC(=O)N3CCC4(CC3)OCCO4)n2)CCN1C(=O)CCC1CCCC1. The average Bonchev–Trinajstić information content (AvgIpc) is 3.58. The molecule has 0 aromatic carbocycles. The molecule has 9 nitrogen and oxygen atoms in total. The lowest BCUT2D eigenvalue weighted by molar-refractivity contribution is -0.186. The van der Waals surface area contributed by atoms with Crippen LogP contribution in [0.4, 0.5) is 5.82 Å². The van der Waals surface area contributed by atoms with Gasteiger partial charge in [0.2, 0.25) is 11.8 Å². The molecule has 1 saturated carbocycles.